The number of piperidine rings is 1. The fourth-order valence-electron chi connectivity index (χ4n) is 4.91. The first-order chi connectivity index (χ1) is 20.7. The summed E-state index contributed by atoms with van der Waals surface area (Å²) >= 11 is 0. The van der Waals surface area contributed by atoms with E-state index in [9.17, 15) is 39.9 Å². The van der Waals surface area contributed by atoms with Gasteiger partial charge in [0.05, 0.1) is 5.56 Å². The Bertz CT molecular complexity index is 1580. The predicted molar refractivity (Wildman–Crippen MR) is 145 cm³/mol. The molecule has 17 heteroatoms. The first-order valence-electron chi connectivity index (χ1n) is 13.5. The highest BCUT2D eigenvalue weighted by Crippen LogP contribution is 2.32. The number of ether oxygens (including phenoxy) is 1. The summed E-state index contributed by atoms with van der Waals surface area (Å²) in [6, 6.07) is 7.71. The van der Waals surface area contributed by atoms with E-state index in [-0.39, 0.29) is 47.8 Å². The molecule has 10 nitrogen and oxygen atoms in total. The first kappa shape index (κ1) is 31.6. The molecule has 3 aromatic rings. The molecule has 2 aromatic carbocycles. The Balaban J connectivity index is 1.28. The number of halogens is 6. The van der Waals surface area contributed by atoms with Crippen molar-refractivity contribution in [1.29, 1.82) is 0 Å². The number of fused-ring (bicyclic) bond motifs is 1. The van der Waals surface area contributed by atoms with Gasteiger partial charge in [-0.25, -0.2) is 0 Å². The number of sulfonamides is 1. The molecular formula is C27H26F6N6O4S. The van der Waals surface area contributed by atoms with Crippen molar-refractivity contribution in [3.63, 3.8) is 0 Å². The van der Waals surface area contributed by atoms with E-state index in [2.05, 4.69) is 30.3 Å². The number of carbonyl (C=O) groups excluding carboxylic acids is 1. The van der Waals surface area contributed by atoms with Crippen molar-refractivity contribution in [2.75, 3.05) is 30.3 Å². The molecule has 0 spiro atoms. The highest BCUT2D eigenvalue weighted by atomic mass is 32.3. The number of benzene rings is 2. The minimum atomic E-state index is -4.71. The van der Waals surface area contributed by atoms with Crippen LogP contribution in [0.1, 0.15) is 36.0 Å². The highest BCUT2D eigenvalue weighted by Gasteiger charge is 2.35. The van der Waals surface area contributed by atoms with Crippen molar-refractivity contribution in [1.82, 2.24) is 19.3 Å². The lowest BCUT2D eigenvalue weighted by Crippen LogP contribution is -2.45. The van der Waals surface area contributed by atoms with Crippen LogP contribution in [0.3, 0.4) is 0 Å². The Morgan fingerprint density at radius 3 is 2.39 bits per heavy atom. The van der Waals surface area contributed by atoms with Gasteiger partial charge in [0.25, 0.3) is 0 Å². The Morgan fingerprint density at radius 2 is 1.68 bits per heavy atom. The second kappa shape index (κ2) is 12.3. The number of Topliss-reactive ketones (excluding diaryl/α,β-unsaturated/α-hetero) is 1. The summed E-state index contributed by atoms with van der Waals surface area (Å²) in [5.41, 5.74) is 0.609. The molecule has 2 heterocycles. The lowest BCUT2D eigenvalue weighted by Gasteiger charge is -2.34. The van der Waals surface area contributed by atoms with E-state index in [0.29, 0.717) is 25.7 Å². The SMILES string of the molecule is O=C1CCc2cc([S+](=O)([O-])N3CCC(Nc4nc(Nc5cccc(C(F)(F)F)c5)nc(OCC(F)(F)F)n4)CC3)ccc2C1. The fraction of sp³-hybridized carbons (Fsp3) is 0.407. The van der Waals surface area contributed by atoms with Crippen LogP contribution in [0.4, 0.5) is 43.9 Å². The van der Waals surface area contributed by atoms with Gasteiger partial charge >= 0.3 is 18.4 Å². The monoisotopic (exact) mass is 644 g/mol. The van der Waals surface area contributed by atoms with Gasteiger partial charge in [0, 0.05) is 37.7 Å². The Hall–Kier alpha value is -3.83. The number of hydrogen-bond acceptors (Lipinski definition) is 9. The number of nitrogens with one attached hydrogen (secondary N) is 2. The number of nitrogens with zero attached hydrogens (tertiary/aromatic N) is 4. The van der Waals surface area contributed by atoms with Crippen molar-refractivity contribution in [2.45, 2.75) is 55.4 Å². The van der Waals surface area contributed by atoms with E-state index in [1.807, 2.05) is 0 Å². The predicted octanol–water partition coefficient (Wildman–Crippen LogP) is 5.11. The van der Waals surface area contributed by atoms with Crippen LogP contribution < -0.4 is 15.4 Å². The van der Waals surface area contributed by atoms with Crippen LogP contribution in [0, 0.1) is 0 Å². The molecule has 1 aliphatic carbocycles. The topological polar surface area (TPSA) is 132 Å². The van der Waals surface area contributed by atoms with Crippen molar-refractivity contribution in [3.8, 4) is 6.01 Å². The van der Waals surface area contributed by atoms with Crippen LogP contribution in [0.2, 0.25) is 0 Å². The van der Waals surface area contributed by atoms with E-state index in [1.54, 1.807) is 12.1 Å². The second-order valence-electron chi connectivity index (χ2n) is 10.3. The van der Waals surface area contributed by atoms with Gasteiger partial charge in [-0.2, -0.15) is 41.3 Å². The molecule has 2 N–H and O–H groups in total. The summed E-state index contributed by atoms with van der Waals surface area (Å²) in [5.74, 6) is -0.469. The smallest absolute Gasteiger partial charge is 0.422 e. The first-order valence-corrected chi connectivity index (χ1v) is 14.9. The average Bonchev–Trinajstić information content (AvgIpc) is 2.95. The maximum Gasteiger partial charge on any atom is 0.422 e. The number of rotatable bonds is 8. The van der Waals surface area contributed by atoms with Gasteiger partial charge in [0.1, 0.15) is 5.78 Å². The number of alkyl halides is 6. The summed E-state index contributed by atoms with van der Waals surface area (Å²) < 4.78 is 110. The third kappa shape index (κ3) is 7.81. The van der Waals surface area contributed by atoms with E-state index in [1.165, 1.54) is 16.4 Å². The molecule has 5 rings (SSSR count). The molecule has 236 valence electrons. The normalized spacial score (nSPS) is 17.9. The quantitative estimate of drug-likeness (QED) is 0.254. The zero-order valence-electron chi connectivity index (χ0n) is 22.9. The van der Waals surface area contributed by atoms with Crippen LogP contribution in [0.5, 0.6) is 6.01 Å². The van der Waals surface area contributed by atoms with Gasteiger partial charge in [-0.1, -0.05) is 16.3 Å². The van der Waals surface area contributed by atoms with Crippen LogP contribution >= 0.6 is 0 Å². The molecule has 1 atom stereocenters. The summed E-state index contributed by atoms with van der Waals surface area (Å²) in [7, 11) is -3.83. The zero-order chi connectivity index (χ0) is 31.7. The van der Waals surface area contributed by atoms with Gasteiger partial charge in [-0.05, 0) is 60.7 Å². The minimum absolute atomic E-state index is 0.0777. The Morgan fingerprint density at radius 1 is 0.955 bits per heavy atom. The molecule has 1 fully saturated rings. The van der Waals surface area contributed by atoms with E-state index < -0.39 is 47.0 Å². The lowest BCUT2D eigenvalue weighted by molar-refractivity contribution is -0.154. The third-order valence-corrected chi connectivity index (χ3v) is 8.98. The van der Waals surface area contributed by atoms with Gasteiger partial charge in [0.15, 0.2) is 21.9 Å². The number of ketones is 1. The van der Waals surface area contributed by atoms with Gasteiger partial charge in [-0.3, -0.25) is 4.79 Å². The average molecular weight is 645 g/mol. The minimum Gasteiger partial charge on any atom is -0.593 e. The number of aromatic nitrogens is 3. The maximum atomic E-state index is 13.3. The van der Waals surface area contributed by atoms with Gasteiger partial charge in [-0.15, -0.1) is 4.31 Å². The van der Waals surface area contributed by atoms with Crippen LogP contribution in [0.15, 0.2) is 47.4 Å². The summed E-state index contributed by atoms with van der Waals surface area (Å²) in [6.07, 6.45) is -7.63. The molecule has 0 saturated carbocycles. The van der Waals surface area contributed by atoms with E-state index in [0.717, 1.165) is 29.3 Å². The Kier molecular flexibility index (Phi) is 8.82. The Labute approximate surface area is 248 Å². The number of aryl methyl sites for hydroxylation is 1. The largest absolute Gasteiger partial charge is 0.593 e. The molecule has 1 aliphatic heterocycles. The molecular weight excluding hydrogens is 618 g/mol. The number of anilines is 3. The summed E-state index contributed by atoms with van der Waals surface area (Å²) in [6.45, 7) is -1.48. The van der Waals surface area contributed by atoms with Gasteiger partial charge < -0.3 is 19.9 Å². The van der Waals surface area contributed by atoms with Crippen LogP contribution in [-0.2, 0) is 38.4 Å². The summed E-state index contributed by atoms with van der Waals surface area (Å²) in [4.78, 5) is 23.5. The molecule has 0 radical (unpaired) electrons. The van der Waals surface area contributed by atoms with E-state index in [4.69, 9.17) is 0 Å². The van der Waals surface area contributed by atoms with Crippen molar-refractivity contribution < 1.29 is 44.6 Å². The standard InChI is InChI=1S/C27H26F6N6O4S/c28-26(29,30)15-43-25-37-23(36-24(38-25)35-20-3-1-2-18(14-20)27(31,32)33)34-19-8-10-39(11-9-19)44(41,42)22-7-5-16-12-21(40)6-4-17(16)13-22/h1-3,5,7,13-14,19H,4,6,8-12,15H2,(H2-,34,35,36,37,38,41,42). The molecule has 2 aliphatic rings. The third-order valence-electron chi connectivity index (χ3n) is 7.09. The molecule has 44 heavy (non-hydrogen) atoms. The number of hydrogen-bond donors (Lipinski definition) is 2. The molecule has 1 unspecified atom stereocenters. The van der Waals surface area contributed by atoms with Crippen molar-refractivity contribution in [2.24, 2.45) is 0 Å². The molecule has 1 aromatic heterocycles. The fourth-order valence-corrected chi connectivity index (χ4v) is 6.43. The van der Waals surface area contributed by atoms with Crippen molar-refractivity contribution in [3.05, 3.63) is 59.2 Å². The number of carbonyl (C=O) groups is 1. The van der Waals surface area contributed by atoms with Gasteiger partial charge in [0.2, 0.25) is 11.9 Å². The van der Waals surface area contributed by atoms with Crippen LogP contribution in [-0.4, -0.2) is 61.5 Å². The molecule has 0 amide bonds. The summed E-state index contributed by atoms with van der Waals surface area (Å²) in [5, 5.41) is 5.47. The van der Waals surface area contributed by atoms with E-state index >= 15 is 0 Å². The second-order valence-corrected chi connectivity index (χ2v) is 12.3. The molecule has 0 bridgehead atoms. The maximum absolute atomic E-state index is 13.3. The molecule has 1 saturated heterocycles. The highest BCUT2D eigenvalue weighted by molar-refractivity contribution is 7.95. The lowest BCUT2D eigenvalue weighted by atomic mass is 9.91. The zero-order valence-corrected chi connectivity index (χ0v) is 23.7. The van der Waals surface area contributed by atoms with Crippen molar-refractivity contribution >= 4 is 33.8 Å². The van der Waals surface area contributed by atoms with Crippen LogP contribution in [0.25, 0.3) is 0 Å².